The maximum atomic E-state index is 13.9. The van der Waals surface area contributed by atoms with Crippen molar-refractivity contribution in [2.45, 2.75) is 96.5 Å². The van der Waals surface area contributed by atoms with E-state index < -0.39 is 71.8 Å². The highest BCUT2D eigenvalue weighted by atomic mass is 35.5. The number of carbonyl (C=O) groups excluding carboxylic acids is 5. The highest BCUT2D eigenvalue weighted by Gasteiger charge is 2.34. The molecule has 0 saturated carbocycles. The van der Waals surface area contributed by atoms with Crippen molar-refractivity contribution in [3.8, 4) is 0 Å². The summed E-state index contributed by atoms with van der Waals surface area (Å²) in [4.78, 5) is 80.3. The lowest BCUT2D eigenvalue weighted by atomic mass is 9.94. The molecule has 0 radical (unpaired) electrons. The fourth-order valence-corrected chi connectivity index (χ4v) is 5.39. The zero-order valence-corrected chi connectivity index (χ0v) is 31.2. The Morgan fingerprint density at radius 2 is 1.43 bits per heavy atom. The molecule has 0 bridgehead atoms. The summed E-state index contributed by atoms with van der Waals surface area (Å²) in [6.45, 7) is 8.29. The molecule has 2 aromatic carbocycles. The lowest BCUT2D eigenvalue weighted by Crippen LogP contribution is -2.55. The number of benzene rings is 2. The molecule has 0 aliphatic heterocycles. The maximum absolute atomic E-state index is 13.9. The van der Waals surface area contributed by atoms with Crippen LogP contribution in [0.4, 0.5) is 0 Å². The van der Waals surface area contributed by atoms with Crippen LogP contribution in [0, 0.1) is 5.92 Å². The number of carboxylic acid groups (broad SMARTS) is 1. The van der Waals surface area contributed by atoms with Gasteiger partial charge in [-0.2, -0.15) is 0 Å². The number of nitrogens with two attached hydrogens (primary N) is 1. The van der Waals surface area contributed by atoms with Gasteiger partial charge >= 0.3 is 11.9 Å². The van der Waals surface area contributed by atoms with E-state index in [2.05, 4.69) is 10.6 Å². The van der Waals surface area contributed by atoms with Gasteiger partial charge < -0.3 is 36.0 Å². The zero-order chi connectivity index (χ0) is 38.5. The van der Waals surface area contributed by atoms with E-state index in [1.807, 2.05) is 30.3 Å². The Hall–Kier alpha value is -4.49. The Balaban J connectivity index is 2.23. The average Bonchev–Trinajstić information content (AvgIpc) is 3.05. The van der Waals surface area contributed by atoms with Crippen LogP contribution >= 0.6 is 11.6 Å². The van der Waals surface area contributed by atoms with Crippen molar-refractivity contribution in [3.05, 3.63) is 70.7 Å². The van der Waals surface area contributed by atoms with Gasteiger partial charge in [0.25, 0.3) is 0 Å². The minimum atomic E-state index is -1.31. The molecule has 0 heterocycles. The van der Waals surface area contributed by atoms with E-state index in [9.17, 15) is 33.9 Å². The van der Waals surface area contributed by atoms with Gasteiger partial charge in [0.05, 0.1) is 24.8 Å². The molecule has 0 aliphatic carbocycles. The molecule has 5 unspecified atom stereocenters. The molecule has 5 N–H and O–H groups in total. The molecule has 280 valence electrons. The number of aliphatic carboxylic acids is 1. The third-order valence-corrected chi connectivity index (χ3v) is 8.47. The second-order valence-electron chi connectivity index (χ2n) is 13.9. The largest absolute Gasteiger partial charge is 0.481 e. The Morgan fingerprint density at radius 1 is 0.843 bits per heavy atom. The predicted octanol–water partition coefficient (Wildman–Crippen LogP) is 2.96. The van der Waals surface area contributed by atoms with Crippen LogP contribution < -0.4 is 16.4 Å². The van der Waals surface area contributed by atoms with E-state index in [0.29, 0.717) is 5.02 Å². The molecule has 0 fully saturated rings. The van der Waals surface area contributed by atoms with E-state index in [1.165, 1.54) is 23.8 Å². The molecule has 0 aromatic heterocycles. The quantitative estimate of drug-likeness (QED) is 0.167. The van der Waals surface area contributed by atoms with Crippen molar-refractivity contribution >= 4 is 47.2 Å². The number of hydrogen-bond donors (Lipinski definition) is 4. The Labute approximate surface area is 305 Å². The van der Waals surface area contributed by atoms with Crippen molar-refractivity contribution in [1.82, 2.24) is 20.4 Å². The second kappa shape index (κ2) is 19.8. The fourth-order valence-electron chi connectivity index (χ4n) is 5.26. The van der Waals surface area contributed by atoms with Crippen LogP contribution in [0.25, 0.3) is 0 Å². The van der Waals surface area contributed by atoms with Crippen molar-refractivity contribution in [1.29, 1.82) is 0 Å². The molecule has 13 nitrogen and oxygen atoms in total. The van der Waals surface area contributed by atoms with Gasteiger partial charge in [-0.3, -0.25) is 28.8 Å². The van der Waals surface area contributed by atoms with E-state index in [4.69, 9.17) is 22.1 Å². The number of carboxylic acids is 1. The summed E-state index contributed by atoms with van der Waals surface area (Å²) < 4.78 is 5.40. The Kier molecular flexibility index (Phi) is 16.6. The Morgan fingerprint density at radius 3 is 1.98 bits per heavy atom. The van der Waals surface area contributed by atoms with Gasteiger partial charge in [-0.05, 0) is 70.7 Å². The third-order valence-electron chi connectivity index (χ3n) is 8.22. The normalized spacial score (nSPS) is 14.2. The summed E-state index contributed by atoms with van der Waals surface area (Å²) >= 11 is 6.08. The predicted molar refractivity (Wildman–Crippen MR) is 194 cm³/mol. The summed E-state index contributed by atoms with van der Waals surface area (Å²) in [6.07, 6.45) is -0.474. The molecular formula is C37H52ClN5O8. The molecule has 14 heteroatoms. The summed E-state index contributed by atoms with van der Waals surface area (Å²) in [5.41, 5.74) is 6.52. The summed E-state index contributed by atoms with van der Waals surface area (Å²) in [5.74, 6) is -4.63. The van der Waals surface area contributed by atoms with Gasteiger partial charge in [-0.25, -0.2) is 0 Å². The number of carbonyl (C=O) groups is 6. The van der Waals surface area contributed by atoms with E-state index >= 15 is 0 Å². The van der Waals surface area contributed by atoms with Gasteiger partial charge in [0.15, 0.2) is 0 Å². The van der Waals surface area contributed by atoms with Crippen molar-refractivity contribution < 1.29 is 38.6 Å². The van der Waals surface area contributed by atoms with E-state index in [1.54, 1.807) is 59.0 Å². The standard InChI is InChI=1S/C37H52ClN5O8/c1-23(42(6)35(49)27(19-32(45)46)17-25-11-9-8-10-12-25)22-40-31(44)20-29(18-26-13-15-28(38)16-14-26)43(7)36(50)30(41-34(48)24(2)39)21-33(47)51-37(3,4)5/h8-16,23-24,27,29-30H,17-22,39H2,1-7H3,(H,40,44)(H,41,48)(H,45,46). The van der Waals surface area contributed by atoms with Crippen molar-refractivity contribution in [2.24, 2.45) is 11.7 Å². The first kappa shape index (κ1) is 42.7. The molecule has 0 spiro atoms. The topological polar surface area (TPSA) is 188 Å². The number of amides is 4. The fraction of sp³-hybridized carbons (Fsp3) is 0.514. The number of nitrogens with one attached hydrogen (secondary N) is 2. The summed E-state index contributed by atoms with van der Waals surface area (Å²) in [7, 11) is 3.05. The smallest absolute Gasteiger partial charge is 0.308 e. The number of ether oxygens (including phenoxy) is 1. The van der Waals surface area contributed by atoms with Crippen molar-refractivity contribution in [2.75, 3.05) is 20.6 Å². The van der Waals surface area contributed by atoms with Crippen LogP contribution in [-0.2, 0) is 46.3 Å². The van der Waals surface area contributed by atoms with E-state index in [0.717, 1.165) is 11.1 Å². The third kappa shape index (κ3) is 15.1. The highest BCUT2D eigenvalue weighted by molar-refractivity contribution is 6.30. The molecule has 5 atom stereocenters. The number of hydrogen-bond acceptors (Lipinski definition) is 8. The highest BCUT2D eigenvalue weighted by Crippen LogP contribution is 2.19. The van der Waals surface area contributed by atoms with Gasteiger partial charge in [-0.1, -0.05) is 54.1 Å². The lowest BCUT2D eigenvalue weighted by Gasteiger charge is -2.32. The van der Waals surface area contributed by atoms with Crippen LogP contribution in [0.2, 0.25) is 5.02 Å². The van der Waals surface area contributed by atoms with Gasteiger partial charge in [0.1, 0.15) is 11.6 Å². The van der Waals surface area contributed by atoms with Crippen LogP contribution in [0.15, 0.2) is 54.6 Å². The second-order valence-corrected chi connectivity index (χ2v) is 14.3. The van der Waals surface area contributed by atoms with Crippen LogP contribution in [0.3, 0.4) is 0 Å². The van der Waals surface area contributed by atoms with Gasteiger partial charge in [0.2, 0.25) is 23.6 Å². The number of likely N-dealkylation sites (N-methyl/N-ethyl adjacent to an activating group) is 2. The number of halogens is 1. The van der Waals surface area contributed by atoms with E-state index in [-0.39, 0.29) is 38.1 Å². The minimum Gasteiger partial charge on any atom is -0.481 e. The van der Waals surface area contributed by atoms with Gasteiger partial charge in [0, 0.05) is 44.2 Å². The number of nitrogens with zero attached hydrogens (tertiary/aromatic N) is 2. The molecule has 2 rings (SSSR count). The zero-order valence-electron chi connectivity index (χ0n) is 30.5. The molecule has 2 aromatic rings. The van der Waals surface area contributed by atoms with Crippen molar-refractivity contribution in [3.63, 3.8) is 0 Å². The van der Waals surface area contributed by atoms with Gasteiger partial charge in [-0.15, -0.1) is 0 Å². The monoisotopic (exact) mass is 729 g/mol. The van der Waals surface area contributed by atoms with Crippen LogP contribution in [0.5, 0.6) is 0 Å². The average molecular weight is 730 g/mol. The number of esters is 1. The molecule has 0 saturated heterocycles. The molecule has 4 amide bonds. The maximum Gasteiger partial charge on any atom is 0.308 e. The lowest BCUT2D eigenvalue weighted by molar-refractivity contribution is -0.157. The van der Waals surface area contributed by atoms with Crippen LogP contribution in [0.1, 0.15) is 65.0 Å². The van der Waals surface area contributed by atoms with Crippen LogP contribution in [-0.4, -0.2) is 101 Å². The molecule has 0 aliphatic rings. The Bertz CT molecular complexity index is 1500. The molecular weight excluding hydrogens is 678 g/mol. The summed E-state index contributed by atoms with van der Waals surface area (Å²) in [5, 5.41) is 15.4. The first-order valence-electron chi connectivity index (χ1n) is 16.8. The minimum absolute atomic E-state index is 0.0588. The summed E-state index contributed by atoms with van der Waals surface area (Å²) in [6, 6.07) is 12.6. The number of rotatable bonds is 18. The molecule has 51 heavy (non-hydrogen) atoms. The SMILES string of the molecule is CC(N)C(=O)NC(CC(=O)OC(C)(C)C)C(=O)N(C)C(CC(=O)NCC(C)N(C)C(=O)C(CC(=O)O)Cc1ccccc1)Cc1ccc(Cl)cc1. The first-order valence-corrected chi connectivity index (χ1v) is 17.2. The first-order chi connectivity index (χ1) is 23.8.